The van der Waals surface area contributed by atoms with Gasteiger partial charge in [0.15, 0.2) is 5.78 Å². The van der Waals surface area contributed by atoms with E-state index in [2.05, 4.69) is 20.9 Å². The number of hydrogen-bond donors (Lipinski definition) is 1. The molecule has 1 N–H and O–H groups in total. The highest BCUT2D eigenvalue weighted by molar-refractivity contribution is 9.10. The molecule has 0 heterocycles. The lowest BCUT2D eigenvalue weighted by Crippen LogP contribution is -2.26. The van der Waals surface area contributed by atoms with Crippen LogP contribution in [0.25, 0.3) is 0 Å². The van der Waals surface area contributed by atoms with Crippen LogP contribution in [0.2, 0.25) is 0 Å². The summed E-state index contributed by atoms with van der Waals surface area (Å²) in [4.78, 5) is 28.0. The smallest absolute Gasteiger partial charge is 0.339 e. The van der Waals surface area contributed by atoms with E-state index in [-0.39, 0.29) is 18.3 Å². The first-order valence-electron chi connectivity index (χ1n) is 6.65. The predicted octanol–water partition coefficient (Wildman–Crippen LogP) is 2.67. The van der Waals surface area contributed by atoms with Crippen LogP contribution in [0.1, 0.15) is 29.6 Å². The minimum Gasteiger partial charge on any atom is -0.465 e. The maximum atomic E-state index is 12.0. The summed E-state index contributed by atoms with van der Waals surface area (Å²) in [6, 6.07) is 5.05. The number of esters is 1. The second kappa shape index (κ2) is 6.95. The van der Waals surface area contributed by atoms with Gasteiger partial charge in [-0.1, -0.05) is 6.07 Å². The van der Waals surface area contributed by atoms with Crippen molar-refractivity contribution in [2.24, 2.45) is 10.9 Å². The van der Waals surface area contributed by atoms with E-state index < -0.39 is 5.97 Å². The van der Waals surface area contributed by atoms with Crippen molar-refractivity contribution in [1.82, 2.24) is 0 Å². The van der Waals surface area contributed by atoms with Crippen LogP contribution in [0.4, 0.5) is 5.69 Å². The van der Waals surface area contributed by atoms with Gasteiger partial charge < -0.3 is 9.84 Å². The number of aliphatic hydroxyl groups is 1. The molecular formula is C15H16BrNO4. The molecule has 1 aliphatic rings. The summed E-state index contributed by atoms with van der Waals surface area (Å²) in [5, 5.41) is 9.10. The van der Waals surface area contributed by atoms with Gasteiger partial charge in [0.25, 0.3) is 0 Å². The quantitative estimate of drug-likeness (QED) is 0.847. The number of ether oxygens (including phenoxy) is 1. The Bertz CT molecular complexity index is 597. The third-order valence-electron chi connectivity index (χ3n) is 3.48. The van der Waals surface area contributed by atoms with Crippen LogP contribution in [-0.4, -0.2) is 36.3 Å². The van der Waals surface area contributed by atoms with Gasteiger partial charge in [-0.05, 0) is 46.8 Å². The molecule has 112 valence electrons. The van der Waals surface area contributed by atoms with E-state index in [0.29, 0.717) is 34.3 Å². The fraction of sp³-hybridized carbons (Fsp3) is 0.400. The van der Waals surface area contributed by atoms with Gasteiger partial charge in [-0.15, -0.1) is 0 Å². The van der Waals surface area contributed by atoms with Crippen molar-refractivity contribution in [3.63, 3.8) is 0 Å². The minimum absolute atomic E-state index is 0.0283. The molecule has 1 unspecified atom stereocenters. The fourth-order valence-corrected chi connectivity index (χ4v) is 2.77. The Hall–Kier alpha value is -1.53. The second-order valence-corrected chi connectivity index (χ2v) is 5.70. The number of carbonyl (C=O) groups is 2. The lowest BCUT2D eigenvalue weighted by atomic mass is 9.87. The van der Waals surface area contributed by atoms with E-state index in [9.17, 15) is 9.59 Å². The van der Waals surface area contributed by atoms with E-state index in [0.717, 1.165) is 6.42 Å². The van der Waals surface area contributed by atoms with Crippen LogP contribution < -0.4 is 0 Å². The zero-order valence-corrected chi connectivity index (χ0v) is 13.2. The number of Topliss-reactive ketones (excluding diaryl/α,β-unsaturated/α-hetero) is 1. The molecular weight excluding hydrogens is 338 g/mol. The summed E-state index contributed by atoms with van der Waals surface area (Å²) in [7, 11) is 1.31. The number of methoxy groups -OCH3 is 1. The van der Waals surface area contributed by atoms with Crippen molar-refractivity contribution in [3.05, 3.63) is 28.2 Å². The van der Waals surface area contributed by atoms with Crippen LogP contribution >= 0.6 is 15.9 Å². The number of rotatable bonds is 3. The summed E-state index contributed by atoms with van der Waals surface area (Å²) in [5.41, 5.74) is 1.39. The third kappa shape index (κ3) is 3.57. The van der Waals surface area contributed by atoms with Gasteiger partial charge in [-0.2, -0.15) is 0 Å². The molecule has 0 aromatic heterocycles. The largest absolute Gasteiger partial charge is 0.465 e. The van der Waals surface area contributed by atoms with Crippen LogP contribution in [0, 0.1) is 5.92 Å². The van der Waals surface area contributed by atoms with Crippen molar-refractivity contribution in [2.75, 3.05) is 13.7 Å². The highest BCUT2D eigenvalue weighted by Crippen LogP contribution is 2.31. The van der Waals surface area contributed by atoms with Crippen molar-refractivity contribution < 1.29 is 19.4 Å². The fourth-order valence-electron chi connectivity index (χ4n) is 2.26. The number of aliphatic hydroxyl groups excluding tert-OH is 1. The SMILES string of the molecule is COC(=O)c1cccc(N=C2CCC(CO)CC2=O)c1Br. The Balaban J connectivity index is 2.29. The summed E-state index contributed by atoms with van der Waals surface area (Å²) in [5.74, 6) is -0.476. The van der Waals surface area contributed by atoms with Crippen molar-refractivity contribution in [1.29, 1.82) is 0 Å². The van der Waals surface area contributed by atoms with Gasteiger partial charge in [0, 0.05) is 13.0 Å². The Labute approximate surface area is 131 Å². The third-order valence-corrected chi connectivity index (χ3v) is 4.32. The molecule has 0 radical (unpaired) electrons. The molecule has 1 atom stereocenters. The monoisotopic (exact) mass is 353 g/mol. The normalized spacial score (nSPS) is 20.6. The highest BCUT2D eigenvalue weighted by atomic mass is 79.9. The number of halogens is 1. The Kier molecular flexibility index (Phi) is 5.25. The van der Waals surface area contributed by atoms with Crippen molar-refractivity contribution in [3.8, 4) is 0 Å². The molecule has 0 bridgehead atoms. The molecule has 1 aliphatic carbocycles. The maximum absolute atomic E-state index is 12.0. The van der Waals surface area contributed by atoms with Crippen molar-refractivity contribution >= 4 is 39.1 Å². The molecule has 1 aromatic rings. The number of carbonyl (C=O) groups excluding carboxylic acids is 2. The van der Waals surface area contributed by atoms with E-state index in [1.807, 2.05) is 0 Å². The highest BCUT2D eigenvalue weighted by Gasteiger charge is 2.25. The Morgan fingerprint density at radius 2 is 2.29 bits per heavy atom. The maximum Gasteiger partial charge on any atom is 0.339 e. The molecule has 1 fully saturated rings. The van der Waals surface area contributed by atoms with Gasteiger partial charge in [-0.3, -0.25) is 4.79 Å². The number of aliphatic imine (C=N–C) groups is 1. The molecule has 1 aromatic carbocycles. The topological polar surface area (TPSA) is 76.0 Å². The zero-order chi connectivity index (χ0) is 15.4. The van der Waals surface area contributed by atoms with Crippen LogP contribution in [0.15, 0.2) is 27.7 Å². The van der Waals surface area contributed by atoms with Crippen LogP contribution in [0.5, 0.6) is 0 Å². The van der Waals surface area contributed by atoms with Gasteiger partial charge in [0.05, 0.1) is 28.5 Å². The number of nitrogens with zero attached hydrogens (tertiary/aromatic N) is 1. The van der Waals surface area contributed by atoms with Gasteiger partial charge in [-0.25, -0.2) is 9.79 Å². The standard InChI is InChI=1S/C15H16BrNO4/c1-21-15(20)10-3-2-4-12(14(10)16)17-11-6-5-9(8-18)7-13(11)19/h2-4,9,18H,5-8H2,1H3. The molecule has 0 saturated heterocycles. The molecule has 1 saturated carbocycles. The van der Waals surface area contributed by atoms with E-state index in [1.165, 1.54) is 7.11 Å². The van der Waals surface area contributed by atoms with Gasteiger partial charge in [0.2, 0.25) is 0 Å². The van der Waals surface area contributed by atoms with Gasteiger partial charge in [0.1, 0.15) is 0 Å². The van der Waals surface area contributed by atoms with E-state index in [1.54, 1.807) is 18.2 Å². The predicted molar refractivity (Wildman–Crippen MR) is 82.0 cm³/mol. The van der Waals surface area contributed by atoms with Crippen LogP contribution in [0.3, 0.4) is 0 Å². The first-order chi connectivity index (χ1) is 10.1. The first-order valence-corrected chi connectivity index (χ1v) is 7.44. The number of benzene rings is 1. The molecule has 0 spiro atoms. The Morgan fingerprint density at radius 3 is 2.90 bits per heavy atom. The molecule has 2 rings (SSSR count). The lowest BCUT2D eigenvalue weighted by molar-refractivity contribution is -0.114. The second-order valence-electron chi connectivity index (χ2n) is 4.90. The van der Waals surface area contributed by atoms with Gasteiger partial charge >= 0.3 is 5.97 Å². The first kappa shape index (κ1) is 15.9. The van der Waals surface area contributed by atoms with Crippen LogP contribution in [-0.2, 0) is 9.53 Å². The summed E-state index contributed by atoms with van der Waals surface area (Å²) in [6.45, 7) is 0.0283. The lowest BCUT2D eigenvalue weighted by Gasteiger charge is -2.20. The average Bonchev–Trinajstić information content (AvgIpc) is 2.50. The average molecular weight is 354 g/mol. The summed E-state index contributed by atoms with van der Waals surface area (Å²) >= 11 is 3.34. The van der Waals surface area contributed by atoms with E-state index in [4.69, 9.17) is 9.84 Å². The minimum atomic E-state index is -0.459. The van der Waals surface area contributed by atoms with E-state index >= 15 is 0 Å². The number of hydrogen-bond acceptors (Lipinski definition) is 5. The molecule has 6 heteroatoms. The Morgan fingerprint density at radius 1 is 1.52 bits per heavy atom. The van der Waals surface area contributed by atoms with Crippen molar-refractivity contribution in [2.45, 2.75) is 19.3 Å². The summed E-state index contributed by atoms with van der Waals surface area (Å²) < 4.78 is 5.21. The number of ketones is 1. The molecule has 5 nitrogen and oxygen atoms in total. The molecule has 0 aliphatic heterocycles. The summed E-state index contributed by atoms with van der Waals surface area (Å²) in [6.07, 6.45) is 1.61. The molecule has 0 amide bonds. The zero-order valence-electron chi connectivity index (χ0n) is 11.6. The molecule has 21 heavy (non-hydrogen) atoms.